The normalized spacial score (nSPS) is 10.3. The van der Waals surface area contributed by atoms with Crippen molar-refractivity contribution >= 4 is 46.4 Å². The van der Waals surface area contributed by atoms with Gasteiger partial charge in [0.1, 0.15) is 5.15 Å². The van der Waals surface area contributed by atoms with Crippen LogP contribution in [0.1, 0.15) is 5.56 Å². The van der Waals surface area contributed by atoms with E-state index in [4.69, 9.17) is 51.7 Å². The summed E-state index contributed by atoms with van der Waals surface area (Å²) in [4.78, 5) is 4.01. The smallest absolute Gasteiger partial charge is 0.137 e. The lowest BCUT2D eigenvalue weighted by Crippen LogP contribution is -1.93. The van der Waals surface area contributed by atoms with E-state index in [0.29, 0.717) is 26.2 Å². The lowest BCUT2D eigenvalue weighted by atomic mass is 10.0. The lowest BCUT2D eigenvalue weighted by Gasteiger charge is -2.12. The quantitative estimate of drug-likeness (QED) is 0.543. The van der Waals surface area contributed by atoms with Crippen LogP contribution in [-0.2, 0) is 6.42 Å². The van der Waals surface area contributed by atoms with E-state index in [-0.39, 0.29) is 11.6 Å². The largest absolute Gasteiger partial charge is 0.244 e. The summed E-state index contributed by atoms with van der Waals surface area (Å²) < 4.78 is 0. The Morgan fingerprint density at radius 1 is 1.16 bits per heavy atom. The molecule has 0 saturated heterocycles. The molecular weight excluding hydrogens is 326 g/mol. The van der Waals surface area contributed by atoms with Crippen molar-refractivity contribution in [3.8, 4) is 17.2 Å². The van der Waals surface area contributed by atoms with E-state index in [1.54, 1.807) is 24.4 Å². The first-order valence-corrected chi connectivity index (χ1v) is 6.71. The molecule has 2 aromatic rings. The fourth-order valence-corrected chi connectivity index (χ4v) is 2.70. The number of hydrogen-bond acceptors (Lipinski definition) is 2. The molecule has 0 radical (unpaired) electrons. The molecule has 0 atom stereocenters. The number of hydrogen-bond donors (Lipinski definition) is 0. The molecule has 19 heavy (non-hydrogen) atoms. The highest BCUT2D eigenvalue weighted by Gasteiger charge is 2.16. The maximum absolute atomic E-state index is 8.86. The van der Waals surface area contributed by atoms with Gasteiger partial charge in [-0.2, -0.15) is 5.26 Å². The van der Waals surface area contributed by atoms with Gasteiger partial charge in [0, 0.05) is 22.3 Å². The molecule has 0 spiro atoms. The highest BCUT2D eigenvalue weighted by molar-refractivity contribution is 6.45. The SMILES string of the molecule is N#CCc1ccnc(Cl)c1-c1cc(Cl)cc(Cl)c1Cl. The molecule has 0 bridgehead atoms. The van der Waals surface area contributed by atoms with Crippen LogP contribution in [0.5, 0.6) is 0 Å². The van der Waals surface area contributed by atoms with Crippen LogP contribution >= 0.6 is 46.4 Å². The van der Waals surface area contributed by atoms with Crippen molar-refractivity contribution in [2.45, 2.75) is 6.42 Å². The molecule has 1 aromatic heterocycles. The molecule has 96 valence electrons. The van der Waals surface area contributed by atoms with Gasteiger partial charge in [0.15, 0.2) is 0 Å². The van der Waals surface area contributed by atoms with Crippen LogP contribution in [0.15, 0.2) is 24.4 Å². The Labute approximate surface area is 130 Å². The summed E-state index contributed by atoms with van der Waals surface area (Å²) in [6.07, 6.45) is 1.73. The topological polar surface area (TPSA) is 36.7 Å². The second kappa shape index (κ2) is 5.98. The van der Waals surface area contributed by atoms with Crippen LogP contribution in [0.25, 0.3) is 11.1 Å². The summed E-state index contributed by atoms with van der Waals surface area (Å²) in [7, 11) is 0. The summed E-state index contributed by atoms with van der Waals surface area (Å²) >= 11 is 24.3. The Kier molecular flexibility index (Phi) is 4.54. The average Bonchev–Trinajstić information content (AvgIpc) is 2.35. The number of aromatic nitrogens is 1. The van der Waals surface area contributed by atoms with Crippen LogP contribution in [0.2, 0.25) is 20.2 Å². The van der Waals surface area contributed by atoms with Gasteiger partial charge in [-0.25, -0.2) is 4.98 Å². The van der Waals surface area contributed by atoms with Gasteiger partial charge >= 0.3 is 0 Å². The first kappa shape index (κ1) is 14.4. The predicted molar refractivity (Wildman–Crippen MR) is 79.0 cm³/mol. The number of rotatable bonds is 2. The minimum atomic E-state index is 0.192. The third-order valence-corrected chi connectivity index (χ3v) is 3.83. The fourth-order valence-electron chi connectivity index (χ4n) is 1.73. The Morgan fingerprint density at radius 3 is 2.58 bits per heavy atom. The molecule has 6 heteroatoms. The van der Waals surface area contributed by atoms with Crippen molar-refractivity contribution in [2.75, 3.05) is 0 Å². The maximum atomic E-state index is 8.86. The first-order valence-electron chi connectivity index (χ1n) is 5.20. The molecule has 0 fully saturated rings. The molecule has 0 aliphatic heterocycles. The molecule has 0 aliphatic carbocycles. The molecule has 0 saturated carbocycles. The van der Waals surface area contributed by atoms with E-state index in [1.165, 1.54) is 0 Å². The van der Waals surface area contributed by atoms with Gasteiger partial charge in [-0.3, -0.25) is 0 Å². The molecule has 1 aromatic carbocycles. The van der Waals surface area contributed by atoms with Gasteiger partial charge in [-0.15, -0.1) is 0 Å². The Balaban J connectivity index is 2.75. The third-order valence-electron chi connectivity index (χ3n) is 2.52. The van der Waals surface area contributed by atoms with E-state index < -0.39 is 0 Å². The Bertz CT molecular complexity index is 677. The molecule has 2 nitrogen and oxygen atoms in total. The summed E-state index contributed by atoms with van der Waals surface area (Å²) in [5.74, 6) is 0. The zero-order valence-corrected chi connectivity index (χ0v) is 12.4. The van der Waals surface area contributed by atoms with Gasteiger partial charge in [-0.05, 0) is 23.8 Å². The monoisotopic (exact) mass is 330 g/mol. The number of nitrogens with zero attached hydrogens (tertiary/aromatic N) is 2. The van der Waals surface area contributed by atoms with Gasteiger partial charge < -0.3 is 0 Å². The third kappa shape index (κ3) is 2.96. The van der Waals surface area contributed by atoms with Crippen LogP contribution in [0.4, 0.5) is 0 Å². The van der Waals surface area contributed by atoms with Crippen LogP contribution in [0.3, 0.4) is 0 Å². The zero-order valence-electron chi connectivity index (χ0n) is 9.42. The lowest BCUT2D eigenvalue weighted by molar-refractivity contribution is 1.21. The average molecular weight is 332 g/mol. The molecule has 1 heterocycles. The van der Waals surface area contributed by atoms with Crippen LogP contribution in [0, 0.1) is 11.3 Å². The second-order valence-corrected chi connectivity index (χ2v) is 5.30. The number of nitriles is 1. The van der Waals surface area contributed by atoms with Gasteiger partial charge in [-0.1, -0.05) is 46.4 Å². The minimum absolute atomic E-state index is 0.192. The summed E-state index contributed by atoms with van der Waals surface area (Å²) in [6.45, 7) is 0. The zero-order chi connectivity index (χ0) is 14.0. The number of benzene rings is 1. The van der Waals surface area contributed by atoms with Crippen molar-refractivity contribution in [3.05, 3.63) is 50.2 Å². The van der Waals surface area contributed by atoms with Crippen molar-refractivity contribution in [3.63, 3.8) is 0 Å². The Hall–Kier alpha value is -0.980. The van der Waals surface area contributed by atoms with Crippen molar-refractivity contribution < 1.29 is 0 Å². The van der Waals surface area contributed by atoms with E-state index in [2.05, 4.69) is 11.1 Å². The Morgan fingerprint density at radius 2 is 1.89 bits per heavy atom. The highest BCUT2D eigenvalue weighted by atomic mass is 35.5. The minimum Gasteiger partial charge on any atom is -0.244 e. The second-order valence-electron chi connectivity index (χ2n) is 3.72. The standard InChI is InChI=1S/C13H6Cl4N2/c14-8-5-9(12(16)10(15)6-8)11-7(1-3-18)2-4-19-13(11)17/h2,4-6H,1H2. The number of pyridine rings is 1. The van der Waals surface area contributed by atoms with E-state index in [0.717, 1.165) is 5.56 Å². The summed E-state index contributed by atoms with van der Waals surface area (Å²) in [6, 6.07) is 6.99. The molecule has 2 rings (SSSR count). The predicted octanol–water partition coefficient (Wildman–Crippen LogP) is 5.43. The number of halogens is 4. The summed E-state index contributed by atoms with van der Waals surface area (Å²) in [5, 5.41) is 10.2. The van der Waals surface area contributed by atoms with E-state index >= 15 is 0 Å². The van der Waals surface area contributed by atoms with Gasteiger partial charge in [0.25, 0.3) is 0 Å². The highest BCUT2D eigenvalue weighted by Crippen LogP contribution is 2.40. The molecule has 0 aliphatic rings. The fraction of sp³-hybridized carbons (Fsp3) is 0.0769. The van der Waals surface area contributed by atoms with Gasteiger partial charge in [0.2, 0.25) is 0 Å². The van der Waals surface area contributed by atoms with Crippen molar-refractivity contribution in [1.82, 2.24) is 4.98 Å². The maximum Gasteiger partial charge on any atom is 0.137 e. The van der Waals surface area contributed by atoms with E-state index in [9.17, 15) is 0 Å². The molecular formula is C13H6Cl4N2. The van der Waals surface area contributed by atoms with Crippen molar-refractivity contribution in [2.24, 2.45) is 0 Å². The van der Waals surface area contributed by atoms with Crippen LogP contribution < -0.4 is 0 Å². The summed E-state index contributed by atoms with van der Waals surface area (Å²) in [5.41, 5.74) is 1.88. The van der Waals surface area contributed by atoms with E-state index in [1.807, 2.05) is 0 Å². The van der Waals surface area contributed by atoms with Gasteiger partial charge in [0.05, 0.1) is 22.5 Å². The van der Waals surface area contributed by atoms with Crippen LogP contribution in [-0.4, -0.2) is 4.98 Å². The molecule has 0 N–H and O–H groups in total. The molecule has 0 amide bonds. The first-order chi connectivity index (χ1) is 9.04. The van der Waals surface area contributed by atoms with Crippen molar-refractivity contribution in [1.29, 1.82) is 5.26 Å². The molecule has 0 unspecified atom stereocenters.